The van der Waals surface area contributed by atoms with Crippen molar-refractivity contribution in [2.75, 3.05) is 11.9 Å². The summed E-state index contributed by atoms with van der Waals surface area (Å²) in [5.74, 6) is 0.218. The molecule has 1 atom stereocenters. The molecule has 1 unspecified atom stereocenters. The van der Waals surface area contributed by atoms with Crippen LogP contribution < -0.4 is 10.6 Å². The minimum atomic E-state index is -0.200. The molecule has 7 heteroatoms. The lowest BCUT2D eigenvalue weighted by molar-refractivity contribution is -0.138. The molecule has 2 amide bonds. The number of fused-ring (bicyclic) bond motifs is 1. The number of piperidine rings is 1. The molecule has 1 saturated carbocycles. The second-order valence-electron chi connectivity index (χ2n) is 6.21. The van der Waals surface area contributed by atoms with Gasteiger partial charge in [0.15, 0.2) is 5.82 Å². The molecule has 4 rings (SSSR count). The number of carbonyl (C=O) groups is 2. The monoisotopic (exact) mass is 299 g/mol. The van der Waals surface area contributed by atoms with E-state index in [1.54, 1.807) is 6.20 Å². The van der Waals surface area contributed by atoms with Crippen LogP contribution in [0.3, 0.4) is 0 Å². The molecule has 0 radical (unpaired) electrons. The van der Waals surface area contributed by atoms with Gasteiger partial charge in [0.1, 0.15) is 5.52 Å². The van der Waals surface area contributed by atoms with Crippen LogP contribution in [-0.2, 0) is 9.59 Å². The molecule has 7 nitrogen and oxygen atoms in total. The number of nitrogens with zero attached hydrogens (tertiary/aromatic N) is 2. The maximum atomic E-state index is 12.7. The minimum Gasteiger partial charge on any atom is -0.355 e. The molecule has 1 aliphatic carbocycles. The van der Waals surface area contributed by atoms with Crippen molar-refractivity contribution in [2.24, 2.45) is 11.3 Å². The molecule has 3 N–H and O–H groups in total. The maximum Gasteiger partial charge on any atom is 0.231 e. The fourth-order valence-corrected chi connectivity index (χ4v) is 3.61. The van der Waals surface area contributed by atoms with E-state index in [-0.39, 0.29) is 23.1 Å². The van der Waals surface area contributed by atoms with Crippen LogP contribution in [0.25, 0.3) is 11.0 Å². The first-order valence-corrected chi connectivity index (χ1v) is 7.55. The number of hydrogen-bond donors (Lipinski definition) is 3. The number of amides is 2. The molecule has 2 aromatic rings. The van der Waals surface area contributed by atoms with Crippen LogP contribution in [0.2, 0.25) is 0 Å². The van der Waals surface area contributed by atoms with Gasteiger partial charge in [0.2, 0.25) is 11.8 Å². The summed E-state index contributed by atoms with van der Waals surface area (Å²) in [7, 11) is 0. The predicted octanol–water partition coefficient (Wildman–Crippen LogP) is 1.20. The van der Waals surface area contributed by atoms with Gasteiger partial charge in [0.25, 0.3) is 0 Å². The van der Waals surface area contributed by atoms with Gasteiger partial charge < -0.3 is 10.6 Å². The topological polar surface area (TPSA) is 99.8 Å². The van der Waals surface area contributed by atoms with Crippen molar-refractivity contribution in [3.05, 3.63) is 18.3 Å². The van der Waals surface area contributed by atoms with E-state index < -0.39 is 0 Å². The Bertz CT molecular complexity index is 749. The van der Waals surface area contributed by atoms with Crippen LogP contribution in [0.1, 0.15) is 25.7 Å². The zero-order valence-electron chi connectivity index (χ0n) is 12.1. The number of H-pyrrole nitrogens is 1. The van der Waals surface area contributed by atoms with Crippen LogP contribution in [0, 0.1) is 11.3 Å². The molecule has 2 fully saturated rings. The lowest BCUT2D eigenvalue weighted by Gasteiger charge is -2.49. The van der Waals surface area contributed by atoms with Crippen LogP contribution >= 0.6 is 0 Å². The Labute approximate surface area is 126 Å². The van der Waals surface area contributed by atoms with E-state index >= 15 is 0 Å². The van der Waals surface area contributed by atoms with Gasteiger partial charge in [-0.2, -0.15) is 5.10 Å². The van der Waals surface area contributed by atoms with Gasteiger partial charge in [0, 0.05) is 19.2 Å². The number of anilines is 1. The summed E-state index contributed by atoms with van der Waals surface area (Å²) in [6, 6.07) is 3.67. The highest BCUT2D eigenvalue weighted by Gasteiger charge is 2.51. The molecule has 1 aliphatic heterocycles. The number of rotatable bonds is 2. The lowest BCUT2D eigenvalue weighted by atomic mass is 9.57. The molecule has 2 aliphatic rings. The van der Waals surface area contributed by atoms with E-state index in [1.807, 2.05) is 12.1 Å². The van der Waals surface area contributed by atoms with Crippen LogP contribution in [0.4, 0.5) is 5.82 Å². The average Bonchev–Trinajstić information content (AvgIpc) is 2.89. The molecule has 0 bridgehead atoms. The highest BCUT2D eigenvalue weighted by molar-refractivity contribution is 6.00. The van der Waals surface area contributed by atoms with Crippen molar-refractivity contribution >= 4 is 28.7 Å². The number of aromatic nitrogens is 3. The summed E-state index contributed by atoms with van der Waals surface area (Å²) >= 11 is 0. The number of hydrogen-bond acceptors (Lipinski definition) is 4. The molecule has 1 saturated heterocycles. The lowest BCUT2D eigenvalue weighted by Crippen LogP contribution is -2.55. The third-order valence-electron chi connectivity index (χ3n) is 4.98. The summed E-state index contributed by atoms with van der Waals surface area (Å²) in [4.78, 5) is 28.6. The molecular formula is C15H17N5O2. The SMILES string of the molecule is O=C1CC2(CCC2)C(C(=O)Nc2n[nH]c3cccnc23)CN1. The normalized spacial score (nSPS) is 23.1. The Kier molecular flexibility index (Phi) is 2.88. The second kappa shape index (κ2) is 4.79. The van der Waals surface area contributed by atoms with Crippen molar-refractivity contribution in [1.82, 2.24) is 20.5 Å². The molecule has 2 aromatic heterocycles. The molecule has 1 spiro atoms. The molecular weight excluding hydrogens is 282 g/mol. The van der Waals surface area contributed by atoms with Gasteiger partial charge in [-0.1, -0.05) is 6.42 Å². The van der Waals surface area contributed by atoms with E-state index in [0.29, 0.717) is 24.3 Å². The quantitative estimate of drug-likeness (QED) is 0.776. The van der Waals surface area contributed by atoms with Crippen LogP contribution in [0.15, 0.2) is 18.3 Å². The highest BCUT2D eigenvalue weighted by atomic mass is 16.2. The van der Waals surface area contributed by atoms with Gasteiger partial charge in [-0.15, -0.1) is 0 Å². The first-order valence-electron chi connectivity index (χ1n) is 7.55. The first-order chi connectivity index (χ1) is 10.7. The fourth-order valence-electron chi connectivity index (χ4n) is 3.61. The zero-order valence-corrected chi connectivity index (χ0v) is 12.1. The third-order valence-corrected chi connectivity index (χ3v) is 4.98. The van der Waals surface area contributed by atoms with Gasteiger partial charge >= 0.3 is 0 Å². The van der Waals surface area contributed by atoms with Crippen molar-refractivity contribution in [2.45, 2.75) is 25.7 Å². The summed E-state index contributed by atoms with van der Waals surface area (Å²) in [5, 5.41) is 12.7. The Morgan fingerprint density at radius 1 is 1.41 bits per heavy atom. The Morgan fingerprint density at radius 3 is 3.05 bits per heavy atom. The smallest absolute Gasteiger partial charge is 0.231 e. The molecule has 114 valence electrons. The van der Waals surface area contributed by atoms with E-state index in [0.717, 1.165) is 24.8 Å². The van der Waals surface area contributed by atoms with Gasteiger partial charge in [-0.05, 0) is 30.4 Å². The van der Waals surface area contributed by atoms with Crippen molar-refractivity contribution in [1.29, 1.82) is 0 Å². The average molecular weight is 299 g/mol. The largest absolute Gasteiger partial charge is 0.355 e. The van der Waals surface area contributed by atoms with Gasteiger partial charge in [-0.25, -0.2) is 0 Å². The van der Waals surface area contributed by atoms with Crippen molar-refractivity contribution in [3.8, 4) is 0 Å². The number of aromatic amines is 1. The van der Waals surface area contributed by atoms with Crippen LogP contribution in [-0.4, -0.2) is 33.5 Å². The Morgan fingerprint density at radius 2 is 2.27 bits per heavy atom. The number of carbonyl (C=O) groups excluding carboxylic acids is 2. The molecule has 3 heterocycles. The number of nitrogens with one attached hydrogen (secondary N) is 3. The van der Waals surface area contributed by atoms with E-state index in [1.165, 1.54) is 0 Å². The van der Waals surface area contributed by atoms with Crippen LogP contribution in [0.5, 0.6) is 0 Å². The highest BCUT2D eigenvalue weighted by Crippen LogP contribution is 2.51. The second-order valence-corrected chi connectivity index (χ2v) is 6.21. The molecule has 0 aromatic carbocycles. The van der Waals surface area contributed by atoms with Gasteiger partial charge in [-0.3, -0.25) is 19.7 Å². The first kappa shape index (κ1) is 13.2. The Hall–Kier alpha value is -2.44. The van der Waals surface area contributed by atoms with E-state index in [9.17, 15) is 9.59 Å². The number of pyridine rings is 1. The standard InChI is InChI=1S/C15H17N5O2/c21-11-7-15(4-2-5-15)9(8-17-11)14(22)18-13-12-10(19-20-13)3-1-6-16-12/h1,3,6,9H,2,4-5,7-8H2,(H,17,21)(H2,18,19,20,22). The van der Waals surface area contributed by atoms with Gasteiger partial charge in [0.05, 0.1) is 11.4 Å². The van der Waals surface area contributed by atoms with Crippen molar-refractivity contribution < 1.29 is 9.59 Å². The third kappa shape index (κ3) is 1.96. The van der Waals surface area contributed by atoms with E-state index in [2.05, 4.69) is 25.8 Å². The van der Waals surface area contributed by atoms with E-state index in [4.69, 9.17) is 0 Å². The fraction of sp³-hybridized carbons (Fsp3) is 0.467. The zero-order chi connectivity index (χ0) is 15.2. The summed E-state index contributed by atoms with van der Waals surface area (Å²) in [6.45, 7) is 0.403. The Balaban J connectivity index is 1.58. The van der Waals surface area contributed by atoms with Crippen molar-refractivity contribution in [3.63, 3.8) is 0 Å². The summed E-state index contributed by atoms with van der Waals surface area (Å²) in [6.07, 6.45) is 5.09. The summed E-state index contributed by atoms with van der Waals surface area (Å²) < 4.78 is 0. The predicted molar refractivity (Wildman–Crippen MR) is 79.9 cm³/mol. The minimum absolute atomic E-state index is 0.0515. The maximum absolute atomic E-state index is 12.7. The molecule has 22 heavy (non-hydrogen) atoms. The summed E-state index contributed by atoms with van der Waals surface area (Å²) in [5.41, 5.74) is 1.28.